The van der Waals surface area contributed by atoms with Crippen LogP contribution in [0.15, 0.2) is 78.9 Å². The predicted octanol–water partition coefficient (Wildman–Crippen LogP) is 4.98. The van der Waals surface area contributed by atoms with Crippen LogP contribution in [-0.2, 0) is 15.0 Å². The van der Waals surface area contributed by atoms with E-state index in [9.17, 15) is 14.4 Å². The molecular formula is C27H27N3O3. The van der Waals surface area contributed by atoms with Crippen molar-refractivity contribution in [2.24, 2.45) is 0 Å². The van der Waals surface area contributed by atoms with E-state index in [1.165, 1.54) is 4.90 Å². The van der Waals surface area contributed by atoms with Crippen LogP contribution in [0.3, 0.4) is 0 Å². The summed E-state index contributed by atoms with van der Waals surface area (Å²) in [5.41, 5.74) is 3.27. The summed E-state index contributed by atoms with van der Waals surface area (Å²) < 4.78 is 0. The molecule has 3 aromatic rings. The average Bonchev–Trinajstić information content (AvgIpc) is 2.79. The Morgan fingerprint density at radius 3 is 2.21 bits per heavy atom. The van der Waals surface area contributed by atoms with Crippen molar-refractivity contribution in [2.45, 2.75) is 38.6 Å². The third-order valence-corrected chi connectivity index (χ3v) is 5.69. The molecule has 0 spiro atoms. The molecule has 2 N–H and O–H groups in total. The summed E-state index contributed by atoms with van der Waals surface area (Å²) in [4.78, 5) is 40.8. The quantitative estimate of drug-likeness (QED) is 0.599. The van der Waals surface area contributed by atoms with Crippen molar-refractivity contribution in [3.63, 3.8) is 0 Å². The van der Waals surface area contributed by atoms with Gasteiger partial charge in [-0.2, -0.15) is 0 Å². The highest BCUT2D eigenvalue weighted by molar-refractivity contribution is 6.17. The topological polar surface area (TPSA) is 78.5 Å². The molecule has 1 heterocycles. The van der Waals surface area contributed by atoms with E-state index in [1.54, 1.807) is 48.5 Å². The van der Waals surface area contributed by atoms with Crippen LogP contribution in [-0.4, -0.2) is 23.8 Å². The summed E-state index contributed by atoms with van der Waals surface area (Å²) in [6.45, 7) is 6.32. The molecule has 168 valence electrons. The molecular weight excluding hydrogens is 414 g/mol. The van der Waals surface area contributed by atoms with Gasteiger partial charge in [0.1, 0.15) is 6.04 Å². The van der Waals surface area contributed by atoms with Gasteiger partial charge in [0, 0.05) is 11.3 Å². The molecule has 0 saturated carbocycles. The van der Waals surface area contributed by atoms with Crippen molar-refractivity contribution in [3.8, 4) is 0 Å². The van der Waals surface area contributed by atoms with Crippen LogP contribution in [0.1, 0.15) is 43.1 Å². The minimum absolute atomic E-state index is 0.0444. The number of anilines is 3. The Morgan fingerprint density at radius 2 is 1.55 bits per heavy atom. The summed E-state index contributed by atoms with van der Waals surface area (Å²) in [7, 11) is 0. The van der Waals surface area contributed by atoms with Crippen molar-refractivity contribution in [3.05, 3.63) is 90.0 Å². The number of nitrogens with one attached hydrogen (secondary N) is 2. The molecule has 33 heavy (non-hydrogen) atoms. The van der Waals surface area contributed by atoms with E-state index in [2.05, 4.69) is 31.4 Å². The Bertz CT molecular complexity index is 1180. The van der Waals surface area contributed by atoms with Gasteiger partial charge >= 0.3 is 0 Å². The molecule has 0 aliphatic carbocycles. The highest BCUT2D eigenvalue weighted by atomic mass is 16.2. The summed E-state index contributed by atoms with van der Waals surface area (Å²) >= 11 is 0. The third kappa shape index (κ3) is 4.80. The highest BCUT2D eigenvalue weighted by Crippen LogP contribution is 2.34. The Kier molecular flexibility index (Phi) is 6.01. The van der Waals surface area contributed by atoms with E-state index in [1.807, 2.05) is 30.3 Å². The van der Waals surface area contributed by atoms with Crippen molar-refractivity contribution in [2.75, 3.05) is 15.5 Å². The highest BCUT2D eigenvalue weighted by Gasteiger charge is 2.38. The van der Waals surface area contributed by atoms with Crippen molar-refractivity contribution >= 4 is 34.8 Å². The molecule has 4 rings (SSSR count). The van der Waals surface area contributed by atoms with Crippen molar-refractivity contribution in [1.29, 1.82) is 0 Å². The number of nitrogens with zero attached hydrogens (tertiary/aromatic N) is 1. The van der Waals surface area contributed by atoms with Gasteiger partial charge in [-0.3, -0.25) is 19.3 Å². The molecule has 0 saturated heterocycles. The van der Waals surface area contributed by atoms with Gasteiger partial charge in [-0.05, 0) is 47.4 Å². The van der Waals surface area contributed by atoms with E-state index in [4.69, 9.17) is 0 Å². The lowest BCUT2D eigenvalue weighted by molar-refractivity contribution is -0.122. The van der Waals surface area contributed by atoms with Crippen LogP contribution < -0.4 is 15.5 Å². The average molecular weight is 442 g/mol. The Labute approximate surface area is 193 Å². The molecule has 1 aliphatic heterocycles. The number of carbonyl (C=O) groups excluding carboxylic acids is 3. The van der Waals surface area contributed by atoms with Gasteiger partial charge in [0.2, 0.25) is 11.8 Å². The Morgan fingerprint density at radius 1 is 0.909 bits per heavy atom. The van der Waals surface area contributed by atoms with E-state index < -0.39 is 11.9 Å². The van der Waals surface area contributed by atoms with Crippen LogP contribution in [0.5, 0.6) is 0 Å². The molecule has 3 aromatic carbocycles. The molecule has 0 radical (unpaired) electrons. The molecule has 6 nitrogen and oxygen atoms in total. The first-order valence-corrected chi connectivity index (χ1v) is 10.9. The third-order valence-electron chi connectivity index (χ3n) is 5.69. The number of hydrogen-bond donors (Lipinski definition) is 2. The van der Waals surface area contributed by atoms with E-state index in [0.29, 0.717) is 22.6 Å². The van der Waals surface area contributed by atoms with Gasteiger partial charge in [-0.1, -0.05) is 63.2 Å². The molecule has 0 fully saturated rings. The number of hydrogen-bond acceptors (Lipinski definition) is 3. The monoisotopic (exact) mass is 441 g/mol. The fourth-order valence-electron chi connectivity index (χ4n) is 3.89. The zero-order valence-electron chi connectivity index (χ0n) is 19.0. The van der Waals surface area contributed by atoms with Crippen LogP contribution in [0.25, 0.3) is 0 Å². The minimum Gasteiger partial charge on any atom is -0.326 e. The van der Waals surface area contributed by atoms with Crippen LogP contribution in [0.4, 0.5) is 17.1 Å². The Hall–Kier alpha value is -3.93. The predicted molar refractivity (Wildman–Crippen MR) is 130 cm³/mol. The number of para-hydroxylation sites is 3. The van der Waals surface area contributed by atoms with E-state index in [0.717, 1.165) is 5.56 Å². The fraction of sp³-hybridized carbons (Fsp3) is 0.222. The molecule has 6 heteroatoms. The number of benzene rings is 3. The summed E-state index contributed by atoms with van der Waals surface area (Å²) in [5.74, 6) is -1.06. The maximum Gasteiger partial charge on any atom is 0.259 e. The van der Waals surface area contributed by atoms with Crippen LogP contribution in [0, 0.1) is 0 Å². The zero-order chi connectivity index (χ0) is 23.6. The molecule has 0 aromatic heterocycles. The second kappa shape index (κ2) is 8.90. The minimum atomic E-state index is -0.974. The smallest absolute Gasteiger partial charge is 0.259 e. The van der Waals surface area contributed by atoms with Gasteiger partial charge in [0.25, 0.3) is 5.91 Å². The van der Waals surface area contributed by atoms with Crippen LogP contribution >= 0.6 is 0 Å². The fourth-order valence-corrected chi connectivity index (χ4v) is 3.89. The number of rotatable bonds is 4. The van der Waals surface area contributed by atoms with Gasteiger partial charge < -0.3 is 10.6 Å². The second-order valence-corrected chi connectivity index (χ2v) is 9.14. The Balaban J connectivity index is 1.65. The number of carbonyl (C=O) groups is 3. The van der Waals surface area contributed by atoms with Gasteiger partial charge in [0.05, 0.1) is 17.8 Å². The number of amides is 3. The van der Waals surface area contributed by atoms with Crippen molar-refractivity contribution in [1.82, 2.24) is 0 Å². The molecule has 1 aliphatic rings. The first-order chi connectivity index (χ1) is 15.7. The zero-order valence-corrected chi connectivity index (χ0v) is 19.0. The summed E-state index contributed by atoms with van der Waals surface area (Å²) in [6.07, 6.45) is -0.166. The first kappa shape index (κ1) is 22.3. The summed E-state index contributed by atoms with van der Waals surface area (Å²) in [5, 5.41) is 5.63. The maximum absolute atomic E-state index is 13.6. The normalized spacial score (nSPS) is 15.4. The molecule has 0 bridgehead atoms. The van der Waals surface area contributed by atoms with Gasteiger partial charge in [-0.25, -0.2) is 0 Å². The maximum atomic E-state index is 13.6. The second-order valence-electron chi connectivity index (χ2n) is 9.14. The lowest BCUT2D eigenvalue weighted by Crippen LogP contribution is -2.52. The SMILES string of the molecule is CC(C)(C)c1ccc(C(=O)N2c3ccccc3NC(=O)C2CC(=O)Nc2ccccc2)cc1. The van der Waals surface area contributed by atoms with Crippen LogP contribution in [0.2, 0.25) is 0 Å². The molecule has 1 atom stereocenters. The lowest BCUT2D eigenvalue weighted by Gasteiger charge is -2.36. The van der Waals surface area contributed by atoms with E-state index in [-0.39, 0.29) is 23.7 Å². The number of fused-ring (bicyclic) bond motifs is 1. The van der Waals surface area contributed by atoms with Crippen molar-refractivity contribution < 1.29 is 14.4 Å². The van der Waals surface area contributed by atoms with E-state index >= 15 is 0 Å². The van der Waals surface area contributed by atoms with Gasteiger partial charge in [-0.15, -0.1) is 0 Å². The molecule has 1 unspecified atom stereocenters. The lowest BCUT2D eigenvalue weighted by atomic mass is 9.86. The first-order valence-electron chi connectivity index (χ1n) is 10.9. The standard InChI is InChI=1S/C27H27N3O3/c1-27(2,3)19-15-13-18(14-16-19)26(33)30-22-12-8-7-11-21(22)29-25(32)23(30)17-24(31)28-20-9-5-4-6-10-20/h4-16,23H,17H2,1-3H3,(H,28,31)(H,29,32). The largest absolute Gasteiger partial charge is 0.326 e. The molecule has 3 amide bonds. The van der Waals surface area contributed by atoms with Gasteiger partial charge in [0.15, 0.2) is 0 Å². The summed E-state index contributed by atoms with van der Waals surface area (Å²) in [6, 6.07) is 22.6.